The number of halogens is 7. The molecule has 0 amide bonds. The van der Waals surface area contributed by atoms with E-state index in [0.29, 0.717) is 17.1 Å². The molecule has 2 aliphatic rings. The highest BCUT2D eigenvalue weighted by molar-refractivity contribution is 6.31. The molecule has 1 N–H and O–H groups in total. The van der Waals surface area contributed by atoms with Crippen molar-refractivity contribution in [3.63, 3.8) is 0 Å². The predicted octanol–water partition coefficient (Wildman–Crippen LogP) is 3.66. The number of ether oxygens (including phenoxy) is 4. The van der Waals surface area contributed by atoms with Crippen molar-refractivity contribution in [3.05, 3.63) is 52.5 Å². The Kier molecular flexibility index (Phi) is 7.63. The molecule has 1 aromatic carbocycles. The normalized spacial score (nSPS) is 19.6. The van der Waals surface area contributed by atoms with Gasteiger partial charge in [0.25, 0.3) is 0 Å². The van der Waals surface area contributed by atoms with Crippen molar-refractivity contribution in [2.45, 2.75) is 31.0 Å². The van der Waals surface area contributed by atoms with Gasteiger partial charge in [0.15, 0.2) is 0 Å². The van der Waals surface area contributed by atoms with Gasteiger partial charge in [-0.15, -0.1) is 0 Å². The second kappa shape index (κ2) is 10.5. The number of aromatic nitrogens is 1. The Morgan fingerprint density at radius 3 is 2.34 bits per heavy atom. The van der Waals surface area contributed by atoms with Crippen LogP contribution >= 0.6 is 11.6 Å². The molecular formula is C22H18ClF6N3O6. The highest BCUT2D eigenvalue weighted by Gasteiger charge is 2.55. The SMILES string of the molecule is O=C(OC1(OC(=O)C(F)(F)F)CNCc2ccc(N3CCOC(c4ccccc4Cl)C3)nc2O1)C(F)(F)F. The van der Waals surface area contributed by atoms with Crippen LogP contribution in [0.1, 0.15) is 17.2 Å². The lowest BCUT2D eigenvalue weighted by Gasteiger charge is -2.35. The molecule has 1 fully saturated rings. The van der Waals surface area contributed by atoms with Gasteiger partial charge in [-0.2, -0.15) is 31.3 Å². The molecule has 38 heavy (non-hydrogen) atoms. The largest absolute Gasteiger partial charge is 0.491 e. The van der Waals surface area contributed by atoms with E-state index in [1.165, 1.54) is 6.07 Å². The van der Waals surface area contributed by atoms with Gasteiger partial charge in [0, 0.05) is 35.8 Å². The Bertz CT molecular complexity index is 1180. The molecule has 206 valence electrons. The van der Waals surface area contributed by atoms with Gasteiger partial charge in [-0.1, -0.05) is 29.8 Å². The number of carbonyl (C=O) groups excluding carboxylic acids is 2. The van der Waals surface area contributed by atoms with E-state index in [0.717, 1.165) is 0 Å². The van der Waals surface area contributed by atoms with Crippen LogP contribution in [0.25, 0.3) is 0 Å². The van der Waals surface area contributed by atoms with Gasteiger partial charge in [-0.05, 0) is 18.2 Å². The molecular weight excluding hydrogens is 552 g/mol. The zero-order valence-corrected chi connectivity index (χ0v) is 19.8. The molecule has 4 rings (SSSR count). The Morgan fingerprint density at radius 1 is 1.05 bits per heavy atom. The summed E-state index contributed by atoms with van der Waals surface area (Å²) >= 11 is 6.26. The number of anilines is 1. The lowest BCUT2D eigenvalue weighted by Crippen LogP contribution is -2.55. The zero-order valence-electron chi connectivity index (χ0n) is 19.1. The van der Waals surface area contributed by atoms with Crippen molar-refractivity contribution in [3.8, 4) is 5.88 Å². The van der Waals surface area contributed by atoms with E-state index in [4.69, 9.17) is 21.1 Å². The number of pyridine rings is 1. The highest BCUT2D eigenvalue weighted by atomic mass is 35.5. The summed E-state index contributed by atoms with van der Waals surface area (Å²) in [7, 11) is 0. The summed E-state index contributed by atoms with van der Waals surface area (Å²) in [4.78, 5) is 29.0. The molecule has 0 aliphatic carbocycles. The summed E-state index contributed by atoms with van der Waals surface area (Å²) in [6, 6.07) is 9.98. The maximum absolute atomic E-state index is 12.9. The number of rotatable bonds is 4. The van der Waals surface area contributed by atoms with E-state index in [2.05, 4.69) is 19.8 Å². The van der Waals surface area contributed by atoms with E-state index < -0.39 is 48.8 Å². The van der Waals surface area contributed by atoms with Crippen LogP contribution in [0.4, 0.5) is 32.2 Å². The van der Waals surface area contributed by atoms with Crippen LogP contribution in [0, 0.1) is 0 Å². The number of fused-ring (bicyclic) bond motifs is 1. The van der Waals surface area contributed by atoms with E-state index in [1.54, 1.807) is 35.2 Å². The van der Waals surface area contributed by atoms with Gasteiger partial charge in [-0.3, -0.25) is 0 Å². The van der Waals surface area contributed by atoms with Crippen LogP contribution < -0.4 is 15.0 Å². The second-order valence-electron chi connectivity index (χ2n) is 8.12. The summed E-state index contributed by atoms with van der Waals surface area (Å²) in [6.07, 6.45) is -11.7. The number of nitrogens with one attached hydrogen (secondary N) is 1. The average molecular weight is 570 g/mol. The van der Waals surface area contributed by atoms with Crippen LogP contribution in [0.3, 0.4) is 0 Å². The number of hydrogen-bond acceptors (Lipinski definition) is 9. The topological polar surface area (TPSA) is 99.2 Å². The number of alkyl halides is 6. The second-order valence-corrected chi connectivity index (χ2v) is 8.53. The summed E-state index contributed by atoms with van der Waals surface area (Å²) in [5.74, 6) is -9.64. The summed E-state index contributed by atoms with van der Waals surface area (Å²) in [6.45, 7) is -0.433. The van der Waals surface area contributed by atoms with Crippen LogP contribution in [-0.2, 0) is 30.3 Å². The number of carbonyl (C=O) groups is 2. The van der Waals surface area contributed by atoms with Crippen molar-refractivity contribution in [1.82, 2.24) is 10.3 Å². The first-order valence-electron chi connectivity index (χ1n) is 10.9. The van der Waals surface area contributed by atoms with Gasteiger partial charge >= 0.3 is 30.3 Å². The maximum atomic E-state index is 12.9. The lowest BCUT2D eigenvalue weighted by molar-refractivity contribution is -0.331. The standard InChI is InChI=1S/C22H18ClF6N3O6/c23-14-4-2-1-3-13(14)15-10-32(7-8-35-15)16-6-5-12-9-30-11-20(36-17(12)31-16,37-18(33)21(24,25)26)38-19(34)22(27,28)29/h1-6,15,30H,7-11H2. The molecule has 16 heteroatoms. The Hall–Kier alpha value is -3.30. The third kappa shape index (κ3) is 6.22. The minimum absolute atomic E-state index is 0.178. The number of esters is 2. The molecule has 1 saturated heterocycles. The van der Waals surface area contributed by atoms with Crippen molar-refractivity contribution >= 4 is 29.4 Å². The average Bonchev–Trinajstić information content (AvgIpc) is 3.01. The number of nitrogens with zero attached hydrogens (tertiary/aromatic N) is 2. The molecule has 0 bridgehead atoms. The number of benzene rings is 1. The smallest absolute Gasteiger partial charge is 0.401 e. The van der Waals surface area contributed by atoms with Crippen LogP contribution in [-0.4, -0.2) is 61.5 Å². The Balaban J connectivity index is 1.64. The van der Waals surface area contributed by atoms with Gasteiger partial charge in [0.2, 0.25) is 5.88 Å². The predicted molar refractivity (Wildman–Crippen MR) is 116 cm³/mol. The van der Waals surface area contributed by atoms with Crippen molar-refractivity contribution in [2.24, 2.45) is 0 Å². The van der Waals surface area contributed by atoms with E-state index in [-0.39, 0.29) is 31.1 Å². The quantitative estimate of drug-likeness (QED) is 0.336. The fourth-order valence-corrected chi connectivity index (χ4v) is 3.96. The first kappa shape index (κ1) is 27.7. The summed E-state index contributed by atoms with van der Waals surface area (Å²) < 4.78 is 96.7. The zero-order chi connectivity index (χ0) is 27.7. The monoisotopic (exact) mass is 569 g/mol. The van der Waals surface area contributed by atoms with Gasteiger partial charge in [0.1, 0.15) is 18.5 Å². The molecule has 1 aromatic heterocycles. The summed E-state index contributed by atoms with van der Waals surface area (Å²) in [5, 5.41) is 2.90. The highest BCUT2D eigenvalue weighted by Crippen LogP contribution is 2.34. The third-order valence-corrected chi connectivity index (χ3v) is 5.78. The molecule has 3 heterocycles. The lowest BCUT2D eigenvalue weighted by atomic mass is 10.1. The molecule has 1 atom stereocenters. The molecule has 1 unspecified atom stereocenters. The maximum Gasteiger partial charge on any atom is 0.491 e. The minimum atomic E-state index is -5.63. The van der Waals surface area contributed by atoms with Crippen LogP contribution in [0.15, 0.2) is 36.4 Å². The van der Waals surface area contributed by atoms with Gasteiger partial charge in [0.05, 0.1) is 6.61 Å². The van der Waals surface area contributed by atoms with E-state index in [1.807, 2.05) is 0 Å². The van der Waals surface area contributed by atoms with Crippen LogP contribution in [0.2, 0.25) is 5.02 Å². The molecule has 0 spiro atoms. The first-order chi connectivity index (χ1) is 17.8. The molecule has 0 radical (unpaired) electrons. The Labute approximate surface area is 215 Å². The Morgan fingerprint density at radius 2 is 1.71 bits per heavy atom. The number of hydrogen-bond donors (Lipinski definition) is 1. The first-order valence-corrected chi connectivity index (χ1v) is 11.3. The third-order valence-electron chi connectivity index (χ3n) is 5.44. The summed E-state index contributed by atoms with van der Waals surface area (Å²) in [5.41, 5.74) is 0.879. The van der Waals surface area contributed by atoms with Crippen molar-refractivity contribution < 1.29 is 54.9 Å². The van der Waals surface area contributed by atoms with Gasteiger partial charge < -0.3 is 29.2 Å². The number of morpholine rings is 1. The van der Waals surface area contributed by atoms with Gasteiger partial charge in [-0.25, -0.2) is 9.59 Å². The van der Waals surface area contributed by atoms with E-state index in [9.17, 15) is 35.9 Å². The van der Waals surface area contributed by atoms with Crippen molar-refractivity contribution in [1.29, 1.82) is 0 Å². The fourth-order valence-electron chi connectivity index (χ4n) is 3.71. The molecule has 9 nitrogen and oxygen atoms in total. The van der Waals surface area contributed by atoms with Crippen LogP contribution in [0.5, 0.6) is 5.88 Å². The fraction of sp³-hybridized carbons (Fsp3) is 0.409. The molecule has 2 aromatic rings. The van der Waals surface area contributed by atoms with E-state index >= 15 is 0 Å². The van der Waals surface area contributed by atoms with Crippen molar-refractivity contribution in [2.75, 3.05) is 31.1 Å². The molecule has 2 aliphatic heterocycles. The minimum Gasteiger partial charge on any atom is -0.401 e. The molecule has 0 saturated carbocycles.